The van der Waals surface area contributed by atoms with Crippen LogP contribution in [0.2, 0.25) is 0 Å². The molecule has 11 heteroatoms. The number of aromatic nitrogens is 5. The lowest BCUT2D eigenvalue weighted by molar-refractivity contribution is 0.220. The average Bonchev–Trinajstić information content (AvgIpc) is 3.64. The van der Waals surface area contributed by atoms with Gasteiger partial charge in [-0.3, -0.25) is 20.0 Å². The number of piperidine rings is 1. The zero-order valence-corrected chi connectivity index (χ0v) is 25.1. The Morgan fingerprint density at radius 3 is 2.50 bits per heavy atom. The summed E-state index contributed by atoms with van der Waals surface area (Å²) >= 11 is 0. The van der Waals surface area contributed by atoms with Crippen molar-refractivity contribution < 1.29 is 12.8 Å². The van der Waals surface area contributed by atoms with Crippen LogP contribution < -0.4 is 4.72 Å². The SMILES string of the molecule is CS(=O)(=O)NCc1cc(F)cc(-c2cncc3[nH]c(-c4n[nH]c5ccc(-c6cncc(CN7CCCCC7)c6)cc45)cc23)c1. The van der Waals surface area contributed by atoms with Gasteiger partial charge >= 0.3 is 0 Å². The van der Waals surface area contributed by atoms with Crippen molar-refractivity contribution in [3.63, 3.8) is 0 Å². The smallest absolute Gasteiger partial charge is 0.209 e. The molecule has 44 heavy (non-hydrogen) atoms. The average molecular weight is 610 g/mol. The number of pyridine rings is 2. The molecule has 7 rings (SSSR count). The van der Waals surface area contributed by atoms with Crippen LogP contribution in [-0.2, 0) is 23.1 Å². The maximum Gasteiger partial charge on any atom is 0.209 e. The molecule has 5 heterocycles. The number of H-pyrrole nitrogens is 2. The fourth-order valence-electron chi connectivity index (χ4n) is 6.04. The van der Waals surface area contributed by atoms with Gasteiger partial charge in [0.2, 0.25) is 10.0 Å². The summed E-state index contributed by atoms with van der Waals surface area (Å²) < 4.78 is 40.2. The fraction of sp³-hybridized carbons (Fsp3) is 0.242. The lowest BCUT2D eigenvalue weighted by Gasteiger charge is -2.26. The Labute approximate surface area is 254 Å². The topological polar surface area (TPSA) is 120 Å². The number of rotatable bonds is 8. The molecule has 0 saturated carbocycles. The first kappa shape index (κ1) is 28.3. The lowest BCUT2D eigenvalue weighted by Crippen LogP contribution is -2.29. The zero-order valence-electron chi connectivity index (χ0n) is 24.3. The second-order valence-electron chi connectivity index (χ2n) is 11.5. The standard InChI is InChI=1S/C33H32FN7O2S/c1-44(42,43)37-16-21-9-24(12-26(34)11-21)29-18-36-19-32-27(29)14-31(38-32)33-28-13-23(5-6-30(28)39-40-33)25-10-22(15-35-17-25)20-41-7-3-2-4-8-41/h5-6,9-15,17-19,37-38H,2-4,7-8,16,20H2,1H3,(H,39,40). The number of sulfonamides is 1. The lowest BCUT2D eigenvalue weighted by atomic mass is 10.0. The molecule has 224 valence electrons. The molecule has 9 nitrogen and oxygen atoms in total. The molecule has 2 aromatic carbocycles. The summed E-state index contributed by atoms with van der Waals surface area (Å²) in [6, 6.07) is 15.0. The van der Waals surface area contributed by atoms with Gasteiger partial charge in [-0.1, -0.05) is 12.5 Å². The first-order valence-electron chi connectivity index (χ1n) is 14.7. The predicted octanol–water partition coefficient (Wildman–Crippen LogP) is 6.01. The van der Waals surface area contributed by atoms with Gasteiger partial charge in [0.25, 0.3) is 0 Å². The van der Waals surface area contributed by atoms with Crippen LogP contribution >= 0.6 is 0 Å². The van der Waals surface area contributed by atoms with Crippen LogP contribution in [0, 0.1) is 5.82 Å². The van der Waals surface area contributed by atoms with E-state index >= 15 is 0 Å². The summed E-state index contributed by atoms with van der Waals surface area (Å²) in [7, 11) is -3.42. The monoisotopic (exact) mass is 609 g/mol. The third-order valence-electron chi connectivity index (χ3n) is 8.15. The number of nitrogens with one attached hydrogen (secondary N) is 3. The molecule has 0 radical (unpaired) electrons. The number of hydrogen-bond acceptors (Lipinski definition) is 6. The van der Waals surface area contributed by atoms with Crippen molar-refractivity contribution in [1.29, 1.82) is 0 Å². The van der Waals surface area contributed by atoms with Gasteiger partial charge in [0.05, 0.1) is 29.2 Å². The number of aromatic amines is 2. The summed E-state index contributed by atoms with van der Waals surface area (Å²) in [5.41, 5.74) is 8.41. The maximum absolute atomic E-state index is 14.6. The molecule has 0 bridgehead atoms. The Morgan fingerprint density at radius 1 is 0.841 bits per heavy atom. The highest BCUT2D eigenvalue weighted by atomic mass is 32.2. The van der Waals surface area contributed by atoms with Crippen LogP contribution in [0.25, 0.3) is 55.4 Å². The maximum atomic E-state index is 14.6. The summed E-state index contributed by atoms with van der Waals surface area (Å²) in [5.74, 6) is -0.458. The minimum absolute atomic E-state index is 0.0103. The quantitative estimate of drug-likeness (QED) is 0.195. The van der Waals surface area contributed by atoms with Gasteiger partial charge in [0.15, 0.2) is 0 Å². The molecule has 6 aromatic rings. The van der Waals surface area contributed by atoms with Crippen molar-refractivity contribution in [3.8, 4) is 33.6 Å². The molecule has 0 aliphatic carbocycles. The van der Waals surface area contributed by atoms with E-state index in [0.717, 1.165) is 75.8 Å². The highest BCUT2D eigenvalue weighted by Crippen LogP contribution is 2.35. The Morgan fingerprint density at radius 2 is 1.66 bits per heavy atom. The van der Waals surface area contributed by atoms with Crippen LogP contribution in [0.5, 0.6) is 0 Å². The van der Waals surface area contributed by atoms with Crippen LogP contribution in [0.1, 0.15) is 30.4 Å². The summed E-state index contributed by atoms with van der Waals surface area (Å²) in [6.07, 6.45) is 12.2. The third-order valence-corrected chi connectivity index (χ3v) is 8.82. The molecule has 0 unspecified atom stereocenters. The fourth-order valence-corrected chi connectivity index (χ4v) is 6.47. The van der Waals surface area contributed by atoms with Crippen molar-refractivity contribution in [2.24, 2.45) is 0 Å². The molecule has 1 fully saturated rings. The Balaban J connectivity index is 1.23. The molecule has 0 amide bonds. The molecule has 1 aliphatic rings. The molecule has 1 aliphatic heterocycles. The first-order chi connectivity index (χ1) is 21.3. The predicted molar refractivity (Wildman–Crippen MR) is 171 cm³/mol. The zero-order chi connectivity index (χ0) is 30.3. The number of nitrogens with zero attached hydrogens (tertiary/aromatic N) is 4. The Kier molecular flexibility index (Phi) is 7.45. The van der Waals surface area contributed by atoms with E-state index in [4.69, 9.17) is 0 Å². The number of benzene rings is 2. The van der Waals surface area contributed by atoms with Gasteiger partial charge in [-0.05, 0) is 90.6 Å². The summed E-state index contributed by atoms with van der Waals surface area (Å²) in [6.45, 7) is 3.17. The van der Waals surface area contributed by atoms with Crippen molar-refractivity contribution in [1.82, 2.24) is 34.8 Å². The van der Waals surface area contributed by atoms with E-state index < -0.39 is 15.8 Å². The van der Waals surface area contributed by atoms with Gasteiger partial charge < -0.3 is 4.98 Å². The van der Waals surface area contributed by atoms with Crippen molar-refractivity contribution in [3.05, 3.63) is 90.3 Å². The minimum atomic E-state index is -3.42. The van der Waals surface area contributed by atoms with Gasteiger partial charge in [-0.15, -0.1) is 0 Å². The van der Waals surface area contributed by atoms with E-state index in [2.05, 4.69) is 53.0 Å². The number of likely N-dealkylation sites (tertiary alicyclic amines) is 1. The molecule has 4 aromatic heterocycles. The number of fused-ring (bicyclic) bond motifs is 2. The van der Waals surface area contributed by atoms with Gasteiger partial charge in [0.1, 0.15) is 11.5 Å². The summed E-state index contributed by atoms with van der Waals surface area (Å²) in [4.78, 5) is 14.9. The van der Waals surface area contributed by atoms with E-state index in [-0.39, 0.29) is 6.54 Å². The molecule has 0 atom stereocenters. The molecule has 1 saturated heterocycles. The molecular weight excluding hydrogens is 577 g/mol. The van der Waals surface area contributed by atoms with Crippen LogP contribution in [0.4, 0.5) is 4.39 Å². The molecular formula is C33H32FN7O2S. The number of hydrogen-bond donors (Lipinski definition) is 3. The highest BCUT2D eigenvalue weighted by Gasteiger charge is 2.17. The second kappa shape index (κ2) is 11.6. The van der Waals surface area contributed by atoms with Crippen LogP contribution in [0.15, 0.2) is 73.3 Å². The van der Waals surface area contributed by atoms with E-state index in [1.807, 2.05) is 24.5 Å². The van der Waals surface area contributed by atoms with Gasteiger partial charge in [0, 0.05) is 53.6 Å². The minimum Gasteiger partial charge on any atom is -0.352 e. The van der Waals surface area contributed by atoms with Crippen molar-refractivity contribution in [2.75, 3.05) is 19.3 Å². The van der Waals surface area contributed by atoms with Gasteiger partial charge in [-0.25, -0.2) is 17.5 Å². The van der Waals surface area contributed by atoms with Crippen LogP contribution in [-0.4, -0.2) is 57.8 Å². The Hall–Kier alpha value is -4.45. The molecule has 0 spiro atoms. The van der Waals surface area contributed by atoms with E-state index in [9.17, 15) is 12.8 Å². The van der Waals surface area contributed by atoms with E-state index in [0.29, 0.717) is 11.1 Å². The van der Waals surface area contributed by atoms with Crippen molar-refractivity contribution >= 4 is 31.8 Å². The van der Waals surface area contributed by atoms with E-state index in [1.165, 1.54) is 37.0 Å². The largest absolute Gasteiger partial charge is 0.352 e. The van der Waals surface area contributed by atoms with Gasteiger partial charge in [-0.2, -0.15) is 5.10 Å². The normalized spacial score (nSPS) is 14.5. The first-order valence-corrected chi connectivity index (χ1v) is 16.5. The molecule has 3 N–H and O–H groups in total. The van der Waals surface area contributed by atoms with Crippen molar-refractivity contribution in [2.45, 2.75) is 32.4 Å². The van der Waals surface area contributed by atoms with Crippen LogP contribution in [0.3, 0.4) is 0 Å². The third kappa shape index (κ3) is 5.99. The summed E-state index contributed by atoms with van der Waals surface area (Å²) in [5, 5.41) is 9.61. The Bertz CT molecular complexity index is 2100. The number of halogens is 1. The second-order valence-corrected chi connectivity index (χ2v) is 13.4. The highest BCUT2D eigenvalue weighted by molar-refractivity contribution is 7.88. The van der Waals surface area contributed by atoms with E-state index in [1.54, 1.807) is 18.5 Å².